The van der Waals surface area contributed by atoms with Gasteiger partial charge >= 0.3 is 41.5 Å². The van der Waals surface area contributed by atoms with Crippen molar-refractivity contribution in [2.75, 3.05) is 0 Å². The molecule has 0 atom stereocenters. The fourth-order valence-corrected chi connectivity index (χ4v) is 0.214. The number of hydrogen-bond donors (Lipinski definition) is 2. The SMILES string of the molecule is Cl.O=C(O)CCC(=O)O.[H-].[Na+]. The predicted octanol–water partition coefficient (Wildman–Crippen LogP) is -2.53. The fraction of sp³-hybridized carbons (Fsp3) is 0.500. The molecule has 6 heteroatoms. The average molecular weight is 179 g/mol. The van der Waals surface area contributed by atoms with E-state index < -0.39 is 11.9 Å². The molecule has 0 aromatic heterocycles. The van der Waals surface area contributed by atoms with Crippen molar-refractivity contribution in [3.8, 4) is 0 Å². The van der Waals surface area contributed by atoms with E-state index >= 15 is 0 Å². The van der Waals surface area contributed by atoms with Crippen molar-refractivity contribution >= 4 is 24.3 Å². The number of aliphatic carboxylic acids is 2. The quantitative estimate of drug-likeness (QED) is 0.468. The van der Waals surface area contributed by atoms with Gasteiger partial charge in [-0.3, -0.25) is 9.59 Å². The van der Waals surface area contributed by atoms with Gasteiger partial charge in [0.15, 0.2) is 0 Å². The summed E-state index contributed by atoms with van der Waals surface area (Å²) < 4.78 is 0. The molecule has 0 rings (SSSR count). The van der Waals surface area contributed by atoms with Crippen LogP contribution in [-0.2, 0) is 9.59 Å². The Labute approximate surface area is 87.8 Å². The van der Waals surface area contributed by atoms with Gasteiger partial charge in [-0.25, -0.2) is 0 Å². The van der Waals surface area contributed by atoms with E-state index in [4.69, 9.17) is 10.2 Å². The van der Waals surface area contributed by atoms with Gasteiger partial charge in [0.1, 0.15) is 0 Å². The molecule has 2 N–H and O–H groups in total. The molecule has 0 radical (unpaired) electrons. The van der Waals surface area contributed by atoms with E-state index in [1.165, 1.54) is 0 Å². The van der Waals surface area contributed by atoms with Crippen molar-refractivity contribution in [2.45, 2.75) is 12.8 Å². The maximum absolute atomic E-state index is 9.64. The Hall–Kier alpha value is 0.230. The molecule has 4 nitrogen and oxygen atoms in total. The first-order valence-electron chi connectivity index (χ1n) is 2.06. The minimum absolute atomic E-state index is 0. The predicted molar refractivity (Wildman–Crippen MR) is 32.9 cm³/mol. The first-order valence-corrected chi connectivity index (χ1v) is 2.06. The zero-order valence-electron chi connectivity index (χ0n) is 6.53. The maximum Gasteiger partial charge on any atom is 1.00 e. The van der Waals surface area contributed by atoms with Crippen LogP contribution in [0.15, 0.2) is 0 Å². The second kappa shape index (κ2) is 9.23. The van der Waals surface area contributed by atoms with Crippen LogP contribution in [0.5, 0.6) is 0 Å². The molecule has 0 bridgehead atoms. The maximum atomic E-state index is 9.64. The van der Waals surface area contributed by atoms with E-state index in [1.807, 2.05) is 0 Å². The molecule has 0 aromatic rings. The summed E-state index contributed by atoms with van der Waals surface area (Å²) in [7, 11) is 0. The summed E-state index contributed by atoms with van der Waals surface area (Å²) in [4.78, 5) is 19.3. The number of hydrogen-bond acceptors (Lipinski definition) is 2. The van der Waals surface area contributed by atoms with Crippen LogP contribution >= 0.6 is 12.4 Å². The molecule has 56 valence electrons. The van der Waals surface area contributed by atoms with Gasteiger partial charge in [0.05, 0.1) is 12.8 Å². The van der Waals surface area contributed by atoms with E-state index in [1.54, 1.807) is 0 Å². The van der Waals surface area contributed by atoms with Gasteiger partial charge in [0, 0.05) is 0 Å². The van der Waals surface area contributed by atoms with Crippen LogP contribution in [0.4, 0.5) is 0 Å². The number of carbonyl (C=O) groups is 2. The zero-order chi connectivity index (χ0) is 6.57. The van der Waals surface area contributed by atoms with Crippen LogP contribution in [-0.4, -0.2) is 22.2 Å². The third-order valence-corrected chi connectivity index (χ3v) is 0.553. The summed E-state index contributed by atoms with van der Waals surface area (Å²) in [5.41, 5.74) is 0. The van der Waals surface area contributed by atoms with Crippen LogP contribution < -0.4 is 29.6 Å². The standard InChI is InChI=1S/C4H6O4.ClH.Na.H/c5-3(6)1-2-4(7)8;;;/h1-2H2,(H,5,6)(H,7,8);1H;;/q;;+1;-1. The molecule has 0 aliphatic heterocycles. The Morgan fingerprint density at radius 2 is 1.30 bits per heavy atom. The van der Waals surface area contributed by atoms with Crippen molar-refractivity contribution in [3.05, 3.63) is 0 Å². The summed E-state index contributed by atoms with van der Waals surface area (Å²) >= 11 is 0. The smallest absolute Gasteiger partial charge is 1.00 e. The first-order chi connectivity index (χ1) is 3.63. The average Bonchev–Trinajstić information content (AvgIpc) is 1.61. The van der Waals surface area contributed by atoms with Crippen LogP contribution in [0.2, 0.25) is 0 Å². The molecule has 0 fully saturated rings. The molecule has 0 aromatic carbocycles. The Bertz CT molecular complexity index is 107. The zero-order valence-corrected chi connectivity index (χ0v) is 8.35. The molecule has 0 saturated heterocycles. The van der Waals surface area contributed by atoms with Crippen molar-refractivity contribution in [2.24, 2.45) is 0 Å². The minimum atomic E-state index is -1.08. The van der Waals surface area contributed by atoms with Crippen molar-refractivity contribution < 1.29 is 50.8 Å². The number of rotatable bonds is 3. The van der Waals surface area contributed by atoms with Crippen molar-refractivity contribution in [3.63, 3.8) is 0 Å². The minimum Gasteiger partial charge on any atom is -1.00 e. The van der Waals surface area contributed by atoms with Gasteiger partial charge in [0.25, 0.3) is 0 Å². The second-order valence-electron chi connectivity index (χ2n) is 1.29. The van der Waals surface area contributed by atoms with Crippen molar-refractivity contribution in [1.29, 1.82) is 0 Å². The molecular formula is C4H8ClNaO4. The molecule has 10 heavy (non-hydrogen) atoms. The normalized spacial score (nSPS) is 6.80. The summed E-state index contributed by atoms with van der Waals surface area (Å²) in [5.74, 6) is -2.15. The number of halogens is 1. The van der Waals surface area contributed by atoms with Crippen LogP contribution in [0.25, 0.3) is 0 Å². The van der Waals surface area contributed by atoms with Gasteiger partial charge in [0.2, 0.25) is 0 Å². The van der Waals surface area contributed by atoms with Gasteiger partial charge in [-0.1, -0.05) is 0 Å². The molecule has 0 aliphatic carbocycles. The van der Waals surface area contributed by atoms with Gasteiger partial charge in [-0.05, 0) is 0 Å². The number of carboxylic acid groups (broad SMARTS) is 2. The summed E-state index contributed by atoms with van der Waals surface area (Å²) in [5, 5.41) is 15.8. The van der Waals surface area contributed by atoms with Crippen LogP contribution in [0, 0.1) is 0 Å². The largest absolute Gasteiger partial charge is 1.00 e. The first kappa shape index (κ1) is 16.7. The van der Waals surface area contributed by atoms with E-state index in [9.17, 15) is 9.59 Å². The molecule has 0 saturated carbocycles. The second-order valence-corrected chi connectivity index (χ2v) is 1.29. The summed E-state index contributed by atoms with van der Waals surface area (Å²) in [6.45, 7) is 0. The van der Waals surface area contributed by atoms with Gasteiger partial charge in [-0.15, -0.1) is 12.4 Å². The third kappa shape index (κ3) is 15.7. The Morgan fingerprint density at radius 1 is 1.10 bits per heavy atom. The third-order valence-electron chi connectivity index (χ3n) is 0.553. The van der Waals surface area contributed by atoms with Gasteiger partial charge in [-0.2, -0.15) is 0 Å². The molecule has 0 amide bonds. The summed E-state index contributed by atoms with van der Waals surface area (Å²) in [6, 6.07) is 0. The molecular weight excluding hydrogens is 170 g/mol. The molecule has 0 heterocycles. The van der Waals surface area contributed by atoms with E-state index in [0.29, 0.717) is 0 Å². The Morgan fingerprint density at radius 3 is 1.40 bits per heavy atom. The number of carboxylic acids is 2. The van der Waals surface area contributed by atoms with E-state index in [2.05, 4.69) is 0 Å². The topological polar surface area (TPSA) is 74.6 Å². The molecule has 0 unspecified atom stereocenters. The van der Waals surface area contributed by atoms with Crippen LogP contribution in [0.1, 0.15) is 14.3 Å². The monoisotopic (exact) mass is 178 g/mol. The van der Waals surface area contributed by atoms with E-state index in [-0.39, 0.29) is 56.2 Å². The molecule has 0 aliphatic rings. The molecule has 0 spiro atoms. The van der Waals surface area contributed by atoms with E-state index in [0.717, 1.165) is 0 Å². The Kier molecular flexibility index (Phi) is 15.4. The van der Waals surface area contributed by atoms with Gasteiger partial charge < -0.3 is 11.6 Å². The fourth-order valence-electron chi connectivity index (χ4n) is 0.214. The van der Waals surface area contributed by atoms with Crippen LogP contribution in [0.3, 0.4) is 0 Å². The Balaban J connectivity index is -0.0000000817. The summed E-state index contributed by atoms with van der Waals surface area (Å²) in [6.07, 6.45) is -0.593. The van der Waals surface area contributed by atoms with Crippen molar-refractivity contribution in [1.82, 2.24) is 0 Å².